The third kappa shape index (κ3) is 16.6. The van der Waals surface area contributed by atoms with Crippen molar-refractivity contribution in [3.63, 3.8) is 0 Å². The normalized spacial score (nSPS) is 10.5. The van der Waals surface area contributed by atoms with Crippen molar-refractivity contribution in [2.24, 2.45) is 0 Å². The Labute approximate surface area is 229 Å². The summed E-state index contributed by atoms with van der Waals surface area (Å²) >= 11 is 6.17. The molecule has 0 heterocycles. The number of terminal acetylenes is 1. The van der Waals surface area contributed by atoms with E-state index in [0.29, 0.717) is 0 Å². The first-order chi connectivity index (χ1) is 15.2. The van der Waals surface area contributed by atoms with Crippen LogP contribution in [0, 0.1) is 40.8 Å². The molecule has 0 spiro atoms. The van der Waals surface area contributed by atoms with E-state index in [0.717, 1.165) is 11.5 Å². The zero-order chi connectivity index (χ0) is 25.7. The van der Waals surface area contributed by atoms with Gasteiger partial charge in [0.1, 0.15) is 16.1 Å². The maximum absolute atomic E-state index is 5.12. The lowest BCUT2D eigenvalue weighted by Gasteiger charge is -2.06. The zero-order valence-electron chi connectivity index (χ0n) is 22.2. The Hall–Kier alpha value is -0.576. The van der Waals surface area contributed by atoms with Gasteiger partial charge < -0.3 is 0 Å². The van der Waals surface area contributed by atoms with E-state index >= 15 is 0 Å². The van der Waals surface area contributed by atoms with Crippen molar-refractivity contribution in [3.05, 3.63) is 56.7 Å². The monoisotopic (exact) mass is 624 g/mol. The van der Waals surface area contributed by atoms with E-state index in [1.807, 2.05) is 23.5 Å². The largest absolute Gasteiger partial charge is 0.135 e. The molecule has 0 saturated carbocycles. The van der Waals surface area contributed by atoms with Crippen LogP contribution in [-0.2, 0) is 0 Å². The molecule has 0 aliphatic heterocycles. The van der Waals surface area contributed by atoms with Crippen molar-refractivity contribution in [2.75, 3.05) is 11.5 Å². The molecule has 0 radical (unpaired) electrons. The van der Waals surface area contributed by atoms with Crippen LogP contribution in [0.4, 0.5) is 0 Å². The molecule has 0 N–H and O–H groups in total. The van der Waals surface area contributed by atoms with E-state index in [2.05, 4.69) is 143 Å². The molecular weight excluding hydrogens is 584 g/mol. The summed E-state index contributed by atoms with van der Waals surface area (Å²) in [5.41, 5.74) is 10.0. The van der Waals surface area contributed by atoms with Crippen LogP contribution in [0.5, 0.6) is 0 Å². The molecule has 0 atom stereocenters. The number of hydrogen-bond acceptors (Lipinski definition) is 2. The van der Waals surface area contributed by atoms with Gasteiger partial charge in [0.15, 0.2) is 0 Å². The molecule has 0 aliphatic carbocycles. The number of thioether (sulfide) groups is 2. The fourth-order valence-electron chi connectivity index (χ4n) is 2.14. The Morgan fingerprint density at radius 1 is 0.788 bits per heavy atom. The minimum atomic E-state index is -1.27. The molecule has 2 aromatic rings. The van der Waals surface area contributed by atoms with Crippen LogP contribution in [-0.4, -0.2) is 27.7 Å². The van der Waals surface area contributed by atoms with E-state index < -0.39 is 16.1 Å². The standard InChI is InChI=1S/C14H20SSi.C9H11IS.C5H10Si/c1-6-15-14-11-12(2)7-8-13(14)9-10-16(3,4)5;1-3-11-9-6-7(2)4-5-8(9)10;1-5-6(2,3)4/h7-8,11H,6H2,1-5H3;4-6H,3H2,1-2H3;1H,2-4H3. The van der Waals surface area contributed by atoms with Crippen LogP contribution >= 0.6 is 46.1 Å². The fourth-order valence-corrected chi connectivity index (χ4v) is 5.09. The average Bonchev–Trinajstić information content (AvgIpc) is 2.70. The van der Waals surface area contributed by atoms with E-state index in [-0.39, 0.29) is 0 Å². The Kier molecular flexibility index (Phi) is 15.9. The van der Waals surface area contributed by atoms with Gasteiger partial charge in [-0.2, -0.15) is 0 Å². The quantitative estimate of drug-likeness (QED) is 0.144. The highest BCUT2D eigenvalue weighted by Gasteiger charge is 2.08. The highest BCUT2D eigenvalue weighted by Crippen LogP contribution is 2.25. The van der Waals surface area contributed by atoms with Crippen LogP contribution in [0.3, 0.4) is 0 Å². The average molecular weight is 625 g/mol. The molecule has 180 valence electrons. The molecule has 5 heteroatoms. The number of aryl methyl sites for hydroxylation is 2. The number of halogens is 1. The van der Waals surface area contributed by atoms with E-state index in [1.54, 1.807) is 0 Å². The lowest BCUT2D eigenvalue weighted by atomic mass is 10.2. The predicted molar refractivity (Wildman–Crippen MR) is 170 cm³/mol. The second-order valence-electron chi connectivity index (χ2n) is 9.69. The molecule has 0 unspecified atom stereocenters. The lowest BCUT2D eigenvalue weighted by Crippen LogP contribution is -2.16. The van der Waals surface area contributed by atoms with Gasteiger partial charge in [0.05, 0.1) is 0 Å². The first kappa shape index (κ1) is 32.4. The SMILES string of the molecule is C#C[Si](C)(C)C.CCSc1cc(C)ccc1C#C[Si](C)(C)C.CCSc1cc(C)ccc1I. The van der Waals surface area contributed by atoms with Crippen molar-refractivity contribution in [1.82, 2.24) is 0 Å². The third-order valence-corrected chi connectivity index (χ3v) is 8.75. The number of hydrogen-bond donors (Lipinski definition) is 0. The summed E-state index contributed by atoms with van der Waals surface area (Å²) in [5.74, 6) is 5.61. The van der Waals surface area contributed by atoms with Gasteiger partial charge in [-0.1, -0.05) is 71.2 Å². The number of rotatable bonds is 4. The van der Waals surface area contributed by atoms with Gasteiger partial charge in [-0.15, -0.1) is 41.0 Å². The molecule has 0 bridgehead atoms. The summed E-state index contributed by atoms with van der Waals surface area (Å²) in [6.45, 7) is 21.9. The third-order valence-electron chi connectivity index (χ3n) is 3.83. The second-order valence-corrected chi connectivity index (χ2v) is 23.0. The molecule has 0 saturated heterocycles. The van der Waals surface area contributed by atoms with Crippen molar-refractivity contribution in [1.29, 1.82) is 0 Å². The molecule has 0 fully saturated rings. The molecule has 33 heavy (non-hydrogen) atoms. The van der Waals surface area contributed by atoms with Gasteiger partial charge in [-0.05, 0) is 83.3 Å². The van der Waals surface area contributed by atoms with Crippen molar-refractivity contribution in [2.45, 2.75) is 76.8 Å². The van der Waals surface area contributed by atoms with Crippen molar-refractivity contribution in [3.8, 4) is 23.4 Å². The van der Waals surface area contributed by atoms with Crippen LogP contribution in [0.1, 0.15) is 30.5 Å². The first-order valence-corrected chi connectivity index (χ1v) is 21.4. The maximum Gasteiger partial charge on any atom is 0.129 e. The molecule has 0 aromatic heterocycles. The van der Waals surface area contributed by atoms with Gasteiger partial charge in [0, 0.05) is 18.9 Å². The van der Waals surface area contributed by atoms with E-state index in [1.165, 1.54) is 30.1 Å². The van der Waals surface area contributed by atoms with Crippen LogP contribution in [0.25, 0.3) is 0 Å². The molecule has 0 amide bonds. The highest BCUT2D eigenvalue weighted by molar-refractivity contribution is 14.1. The lowest BCUT2D eigenvalue weighted by molar-refractivity contribution is 1.32. The first-order valence-electron chi connectivity index (χ1n) is 11.4. The fraction of sp³-hybridized carbons (Fsp3) is 0.429. The summed E-state index contributed by atoms with van der Waals surface area (Å²) in [5, 5.41) is 0. The predicted octanol–water partition coefficient (Wildman–Crippen LogP) is 9.54. The van der Waals surface area contributed by atoms with Gasteiger partial charge in [-0.3, -0.25) is 0 Å². The molecule has 0 aliphatic rings. The van der Waals surface area contributed by atoms with E-state index in [9.17, 15) is 0 Å². The molecular formula is C28H41IS2Si2. The minimum absolute atomic E-state index is 1.10. The Morgan fingerprint density at radius 3 is 1.70 bits per heavy atom. The van der Waals surface area contributed by atoms with Gasteiger partial charge in [-0.25, -0.2) is 0 Å². The van der Waals surface area contributed by atoms with Gasteiger partial charge in [0.25, 0.3) is 0 Å². The molecule has 2 aromatic carbocycles. The Morgan fingerprint density at radius 2 is 1.24 bits per heavy atom. The minimum Gasteiger partial charge on any atom is -0.135 e. The van der Waals surface area contributed by atoms with Gasteiger partial charge in [0.2, 0.25) is 0 Å². The smallest absolute Gasteiger partial charge is 0.129 e. The Bertz CT molecular complexity index is 969. The van der Waals surface area contributed by atoms with Crippen molar-refractivity contribution >= 4 is 62.3 Å². The summed E-state index contributed by atoms with van der Waals surface area (Å²) in [4.78, 5) is 2.74. The summed E-state index contributed by atoms with van der Waals surface area (Å²) in [7, 11) is -2.37. The maximum atomic E-state index is 5.12. The van der Waals surface area contributed by atoms with E-state index in [4.69, 9.17) is 6.42 Å². The van der Waals surface area contributed by atoms with Crippen molar-refractivity contribution < 1.29 is 0 Å². The molecule has 2 rings (SSSR count). The summed E-state index contributed by atoms with van der Waals surface area (Å²) < 4.78 is 1.36. The summed E-state index contributed by atoms with van der Waals surface area (Å²) in [6.07, 6.45) is 5.12. The highest BCUT2D eigenvalue weighted by atomic mass is 127. The summed E-state index contributed by atoms with van der Waals surface area (Å²) in [6, 6.07) is 13.1. The van der Waals surface area contributed by atoms with Gasteiger partial charge >= 0.3 is 0 Å². The van der Waals surface area contributed by atoms with Crippen LogP contribution in [0.15, 0.2) is 46.2 Å². The van der Waals surface area contributed by atoms with Crippen LogP contribution < -0.4 is 0 Å². The van der Waals surface area contributed by atoms with Crippen LogP contribution in [0.2, 0.25) is 39.3 Å². The Balaban J connectivity index is 0.000000520. The second kappa shape index (κ2) is 16.2. The number of benzene rings is 2. The molecule has 0 nitrogen and oxygen atoms in total. The topological polar surface area (TPSA) is 0 Å². The zero-order valence-corrected chi connectivity index (χ0v) is 27.9.